The lowest BCUT2D eigenvalue weighted by molar-refractivity contribution is -0.139. The molecule has 2 aromatic carbocycles. The van der Waals surface area contributed by atoms with E-state index in [9.17, 15) is 27.2 Å². The molecule has 0 spiro atoms. The minimum atomic E-state index is -4.86. The summed E-state index contributed by atoms with van der Waals surface area (Å²) in [7, 11) is 1.60. The molecular formula is C31H36F4N4O4. The Morgan fingerprint density at radius 3 is 2.35 bits per heavy atom. The summed E-state index contributed by atoms with van der Waals surface area (Å²) in [6.07, 6.45) is -3.06. The monoisotopic (exact) mass is 604 g/mol. The summed E-state index contributed by atoms with van der Waals surface area (Å²) in [6.45, 7) is 6.87. The zero-order valence-electron chi connectivity index (χ0n) is 24.7. The van der Waals surface area contributed by atoms with Gasteiger partial charge in [-0.05, 0) is 57.4 Å². The Morgan fingerprint density at radius 2 is 1.72 bits per heavy atom. The first-order chi connectivity index (χ1) is 20.2. The standard InChI is InChI=1S/C31H36F4N4O4/c1-30(2,3)43-29(41)38-14-12-22(13-15-38)27-36-26(23-10-11-25(32)24(18-23)31(33,34)35)19-39(27)17-16-37(4)28(40)42-20-21-8-6-5-7-9-21/h5-11,18-19,22H,12-17,20H2,1-4H3. The number of hydrogen-bond acceptors (Lipinski definition) is 5. The van der Waals surface area contributed by atoms with Crippen molar-refractivity contribution in [2.75, 3.05) is 26.7 Å². The van der Waals surface area contributed by atoms with Gasteiger partial charge in [0.25, 0.3) is 0 Å². The van der Waals surface area contributed by atoms with Crippen LogP contribution in [0.3, 0.4) is 0 Å². The Balaban J connectivity index is 1.52. The van der Waals surface area contributed by atoms with Gasteiger partial charge in [-0.1, -0.05) is 30.3 Å². The van der Waals surface area contributed by atoms with Gasteiger partial charge in [0.05, 0.1) is 11.3 Å². The molecule has 0 bridgehead atoms. The topological polar surface area (TPSA) is 76.9 Å². The van der Waals surface area contributed by atoms with Gasteiger partial charge in [0.1, 0.15) is 23.8 Å². The minimum Gasteiger partial charge on any atom is -0.445 e. The van der Waals surface area contributed by atoms with Crippen molar-refractivity contribution in [2.45, 2.75) is 64.5 Å². The van der Waals surface area contributed by atoms with Crippen molar-refractivity contribution in [3.05, 3.63) is 77.5 Å². The first-order valence-corrected chi connectivity index (χ1v) is 14.0. The highest BCUT2D eigenvalue weighted by atomic mass is 19.4. The second-order valence-corrected chi connectivity index (χ2v) is 11.6. The van der Waals surface area contributed by atoms with Gasteiger partial charge < -0.3 is 23.8 Å². The predicted molar refractivity (Wildman–Crippen MR) is 152 cm³/mol. The van der Waals surface area contributed by atoms with Crippen molar-refractivity contribution >= 4 is 12.2 Å². The Labute approximate surface area is 248 Å². The van der Waals surface area contributed by atoms with E-state index in [4.69, 9.17) is 9.47 Å². The Hall–Kier alpha value is -4.09. The van der Waals surface area contributed by atoms with Gasteiger partial charge >= 0.3 is 18.4 Å². The van der Waals surface area contributed by atoms with Gasteiger partial charge in [-0.2, -0.15) is 13.2 Å². The maximum atomic E-state index is 14.0. The number of likely N-dealkylation sites (tertiary alicyclic amines) is 1. The number of amides is 2. The van der Waals surface area contributed by atoms with Gasteiger partial charge in [0, 0.05) is 50.9 Å². The molecule has 1 fully saturated rings. The van der Waals surface area contributed by atoms with Crippen LogP contribution in [0, 0.1) is 5.82 Å². The lowest BCUT2D eigenvalue weighted by Gasteiger charge is -2.33. The third kappa shape index (κ3) is 8.48. The fourth-order valence-corrected chi connectivity index (χ4v) is 4.80. The normalized spacial score (nSPS) is 14.5. The van der Waals surface area contributed by atoms with E-state index in [1.54, 1.807) is 43.5 Å². The van der Waals surface area contributed by atoms with E-state index in [1.165, 1.54) is 11.0 Å². The Bertz CT molecular complexity index is 1410. The number of piperidine rings is 1. The highest BCUT2D eigenvalue weighted by Gasteiger charge is 2.35. The second kappa shape index (κ2) is 13.0. The van der Waals surface area contributed by atoms with E-state index in [1.807, 2.05) is 30.3 Å². The zero-order chi connectivity index (χ0) is 31.4. The molecule has 3 aromatic rings. The molecule has 232 valence electrons. The molecule has 2 amide bonds. The van der Waals surface area contributed by atoms with E-state index >= 15 is 0 Å². The number of carbonyl (C=O) groups is 2. The van der Waals surface area contributed by atoms with Crippen LogP contribution in [0.25, 0.3) is 11.3 Å². The number of nitrogens with zero attached hydrogens (tertiary/aromatic N) is 4. The van der Waals surface area contributed by atoms with Gasteiger partial charge in [-0.25, -0.2) is 19.0 Å². The molecule has 8 nitrogen and oxygen atoms in total. The number of benzene rings is 2. The first kappa shape index (κ1) is 31.8. The zero-order valence-corrected chi connectivity index (χ0v) is 24.7. The lowest BCUT2D eigenvalue weighted by Crippen LogP contribution is -2.41. The molecule has 43 heavy (non-hydrogen) atoms. The summed E-state index contributed by atoms with van der Waals surface area (Å²) in [4.78, 5) is 32.9. The number of rotatable bonds is 7. The number of carbonyl (C=O) groups excluding carboxylic acids is 2. The number of alkyl halides is 3. The number of ether oxygens (including phenoxy) is 2. The predicted octanol–water partition coefficient (Wildman–Crippen LogP) is 7.09. The molecule has 0 radical (unpaired) electrons. The van der Waals surface area contributed by atoms with Crippen LogP contribution >= 0.6 is 0 Å². The minimum absolute atomic E-state index is 0.106. The SMILES string of the molecule is CN(CCn1cc(-c2ccc(F)c(C(F)(F)F)c2)nc1C1CCN(C(=O)OC(C)(C)C)CC1)C(=O)OCc1ccccc1. The second-order valence-electron chi connectivity index (χ2n) is 11.6. The quantitative estimate of drug-likeness (QED) is 0.269. The fraction of sp³-hybridized carbons (Fsp3) is 0.452. The summed E-state index contributed by atoms with van der Waals surface area (Å²) < 4.78 is 66.9. The summed E-state index contributed by atoms with van der Waals surface area (Å²) in [5.74, 6) is -0.853. The molecule has 0 N–H and O–H groups in total. The van der Waals surface area contributed by atoms with Crippen molar-refractivity contribution in [2.24, 2.45) is 0 Å². The van der Waals surface area contributed by atoms with E-state index in [-0.39, 0.29) is 30.3 Å². The van der Waals surface area contributed by atoms with E-state index in [2.05, 4.69) is 4.98 Å². The van der Waals surface area contributed by atoms with Gasteiger partial charge in [-0.3, -0.25) is 0 Å². The molecule has 1 aromatic heterocycles. The molecule has 0 atom stereocenters. The van der Waals surface area contributed by atoms with Crippen molar-refractivity contribution in [3.8, 4) is 11.3 Å². The average molecular weight is 605 g/mol. The maximum absolute atomic E-state index is 14.0. The van der Waals surface area contributed by atoms with Crippen LogP contribution in [-0.2, 0) is 28.8 Å². The van der Waals surface area contributed by atoms with Crippen molar-refractivity contribution in [1.29, 1.82) is 0 Å². The van der Waals surface area contributed by atoms with Crippen molar-refractivity contribution < 1.29 is 36.6 Å². The van der Waals surface area contributed by atoms with Crippen LogP contribution in [0.1, 0.15) is 56.5 Å². The third-order valence-corrected chi connectivity index (χ3v) is 7.08. The number of halogens is 4. The van der Waals surface area contributed by atoms with Gasteiger partial charge in [0.15, 0.2) is 0 Å². The highest BCUT2D eigenvalue weighted by Crippen LogP contribution is 2.35. The van der Waals surface area contributed by atoms with Crippen molar-refractivity contribution in [1.82, 2.24) is 19.4 Å². The number of likely N-dealkylation sites (N-methyl/N-ethyl adjacent to an activating group) is 1. The van der Waals surface area contributed by atoms with E-state index in [0.29, 0.717) is 38.3 Å². The van der Waals surface area contributed by atoms with Crippen LogP contribution in [0.4, 0.5) is 27.2 Å². The lowest BCUT2D eigenvalue weighted by atomic mass is 9.96. The highest BCUT2D eigenvalue weighted by molar-refractivity contribution is 5.68. The molecule has 0 saturated carbocycles. The Kier molecular flexibility index (Phi) is 9.66. The Morgan fingerprint density at radius 1 is 1.05 bits per heavy atom. The molecule has 2 heterocycles. The van der Waals surface area contributed by atoms with Crippen LogP contribution in [0.15, 0.2) is 54.7 Å². The molecule has 0 unspecified atom stereocenters. The van der Waals surface area contributed by atoms with Crippen molar-refractivity contribution in [3.63, 3.8) is 0 Å². The summed E-state index contributed by atoms with van der Waals surface area (Å²) >= 11 is 0. The summed E-state index contributed by atoms with van der Waals surface area (Å²) in [5, 5.41) is 0. The summed E-state index contributed by atoms with van der Waals surface area (Å²) in [5.41, 5.74) is -0.772. The molecule has 4 rings (SSSR count). The molecular weight excluding hydrogens is 568 g/mol. The largest absolute Gasteiger partial charge is 0.445 e. The van der Waals surface area contributed by atoms with Crippen LogP contribution in [0.2, 0.25) is 0 Å². The summed E-state index contributed by atoms with van der Waals surface area (Å²) in [6, 6.07) is 12.1. The molecule has 1 aliphatic heterocycles. The van der Waals surface area contributed by atoms with E-state index in [0.717, 1.165) is 17.7 Å². The fourth-order valence-electron chi connectivity index (χ4n) is 4.80. The average Bonchev–Trinajstić information content (AvgIpc) is 3.38. The van der Waals surface area contributed by atoms with Crippen LogP contribution < -0.4 is 0 Å². The van der Waals surface area contributed by atoms with Crippen LogP contribution in [-0.4, -0.2) is 63.8 Å². The number of hydrogen-bond donors (Lipinski definition) is 0. The molecule has 12 heteroatoms. The smallest absolute Gasteiger partial charge is 0.419 e. The number of aromatic nitrogens is 2. The maximum Gasteiger partial charge on any atom is 0.419 e. The molecule has 1 saturated heterocycles. The van der Waals surface area contributed by atoms with E-state index < -0.39 is 35.3 Å². The third-order valence-electron chi connectivity index (χ3n) is 7.08. The van der Waals surface area contributed by atoms with Gasteiger partial charge in [0.2, 0.25) is 0 Å². The van der Waals surface area contributed by atoms with Crippen LogP contribution in [0.5, 0.6) is 0 Å². The molecule has 0 aliphatic carbocycles. The molecule has 1 aliphatic rings. The number of imidazole rings is 1. The van der Waals surface area contributed by atoms with Gasteiger partial charge in [-0.15, -0.1) is 0 Å². The first-order valence-electron chi connectivity index (χ1n) is 14.0.